The highest BCUT2D eigenvalue weighted by Crippen LogP contribution is 2.31. The molecule has 0 aliphatic rings. The average molecular weight is 465 g/mol. The number of ether oxygens (including phenoxy) is 2. The van der Waals surface area contributed by atoms with Gasteiger partial charge in [-0.25, -0.2) is 4.79 Å². The molecule has 0 unspecified atom stereocenters. The molecular weight excluding hydrogens is 448 g/mol. The maximum Gasteiger partial charge on any atom is 0.343 e. The highest BCUT2D eigenvalue weighted by molar-refractivity contribution is 9.10. The molecule has 4 rings (SSSR count). The summed E-state index contributed by atoms with van der Waals surface area (Å²) in [6.07, 6.45) is 0. The van der Waals surface area contributed by atoms with Gasteiger partial charge in [-0.1, -0.05) is 29.8 Å². The van der Waals surface area contributed by atoms with Crippen molar-refractivity contribution >= 4 is 32.9 Å². The number of esters is 1. The standard InChI is InChI=1S/C24H17BrO5/c1-14-6-5-7-16(12-14)24(27)29-17-10-11-18-21(13-17)28-15(2)23(22(18)26)30-20-9-4-3-8-19(20)25/h3-13H,1-2H3. The summed E-state index contributed by atoms with van der Waals surface area (Å²) >= 11 is 3.40. The van der Waals surface area contributed by atoms with E-state index in [1.807, 2.05) is 31.2 Å². The smallest absolute Gasteiger partial charge is 0.343 e. The molecule has 4 aromatic rings. The molecule has 0 aliphatic carbocycles. The highest BCUT2D eigenvalue weighted by Gasteiger charge is 2.16. The lowest BCUT2D eigenvalue weighted by Crippen LogP contribution is -2.10. The lowest BCUT2D eigenvalue weighted by molar-refractivity contribution is 0.0735. The predicted octanol–water partition coefficient (Wildman–Crippen LogP) is 6.18. The minimum Gasteiger partial charge on any atom is -0.457 e. The minimum atomic E-state index is -0.481. The first kappa shape index (κ1) is 19.9. The van der Waals surface area contributed by atoms with Gasteiger partial charge in [0.25, 0.3) is 0 Å². The summed E-state index contributed by atoms with van der Waals surface area (Å²) in [7, 11) is 0. The van der Waals surface area contributed by atoms with E-state index in [4.69, 9.17) is 13.9 Å². The summed E-state index contributed by atoms with van der Waals surface area (Å²) in [5.41, 5.74) is 1.42. The Hall–Kier alpha value is -3.38. The zero-order valence-corrected chi connectivity index (χ0v) is 17.9. The summed E-state index contributed by atoms with van der Waals surface area (Å²) in [5.74, 6) is 0.752. The number of halogens is 1. The lowest BCUT2D eigenvalue weighted by atomic mass is 10.1. The van der Waals surface area contributed by atoms with Crippen LogP contribution in [0.1, 0.15) is 21.7 Å². The van der Waals surface area contributed by atoms with E-state index in [1.54, 1.807) is 43.3 Å². The fourth-order valence-corrected chi connectivity index (χ4v) is 3.39. The van der Waals surface area contributed by atoms with Crippen LogP contribution in [-0.2, 0) is 0 Å². The number of aryl methyl sites for hydroxylation is 2. The first-order valence-corrected chi connectivity index (χ1v) is 10.0. The van der Waals surface area contributed by atoms with Gasteiger partial charge in [0.1, 0.15) is 22.8 Å². The molecule has 0 radical (unpaired) electrons. The van der Waals surface area contributed by atoms with E-state index in [1.165, 1.54) is 6.07 Å². The zero-order chi connectivity index (χ0) is 21.3. The second kappa shape index (κ2) is 8.16. The normalized spacial score (nSPS) is 10.8. The Morgan fingerprint density at radius 3 is 2.53 bits per heavy atom. The third-order valence-corrected chi connectivity index (χ3v) is 5.15. The fourth-order valence-electron chi connectivity index (χ4n) is 3.03. The van der Waals surface area contributed by atoms with Crippen LogP contribution in [0.2, 0.25) is 0 Å². The molecule has 0 aliphatic heterocycles. The molecule has 0 N–H and O–H groups in total. The average Bonchev–Trinajstić information content (AvgIpc) is 2.72. The number of fused-ring (bicyclic) bond motifs is 1. The SMILES string of the molecule is Cc1cccc(C(=O)Oc2ccc3c(=O)c(Oc4ccccc4Br)c(C)oc3c2)c1. The number of para-hydroxylation sites is 1. The molecule has 0 bridgehead atoms. The zero-order valence-electron chi connectivity index (χ0n) is 16.3. The van der Waals surface area contributed by atoms with E-state index >= 15 is 0 Å². The first-order chi connectivity index (χ1) is 14.4. The van der Waals surface area contributed by atoms with Gasteiger partial charge in [-0.3, -0.25) is 4.79 Å². The van der Waals surface area contributed by atoms with Gasteiger partial charge < -0.3 is 13.9 Å². The fraction of sp³-hybridized carbons (Fsp3) is 0.0833. The van der Waals surface area contributed by atoms with Crippen molar-refractivity contribution < 1.29 is 18.7 Å². The van der Waals surface area contributed by atoms with Crippen LogP contribution in [0.5, 0.6) is 17.2 Å². The Kier molecular flexibility index (Phi) is 5.42. The van der Waals surface area contributed by atoms with Crippen molar-refractivity contribution in [3.63, 3.8) is 0 Å². The van der Waals surface area contributed by atoms with Crippen LogP contribution in [0.15, 0.2) is 80.4 Å². The molecule has 30 heavy (non-hydrogen) atoms. The molecular formula is C24H17BrO5. The van der Waals surface area contributed by atoms with Crippen LogP contribution in [0.3, 0.4) is 0 Å². The summed E-state index contributed by atoms with van der Waals surface area (Å²) in [6, 6.07) is 19.0. The topological polar surface area (TPSA) is 65.7 Å². The highest BCUT2D eigenvalue weighted by atomic mass is 79.9. The van der Waals surface area contributed by atoms with Crippen molar-refractivity contribution in [3.05, 3.63) is 98.3 Å². The molecule has 3 aromatic carbocycles. The predicted molar refractivity (Wildman–Crippen MR) is 118 cm³/mol. The van der Waals surface area contributed by atoms with E-state index < -0.39 is 5.97 Å². The van der Waals surface area contributed by atoms with Gasteiger partial charge >= 0.3 is 5.97 Å². The van der Waals surface area contributed by atoms with Crippen LogP contribution in [0, 0.1) is 13.8 Å². The van der Waals surface area contributed by atoms with E-state index in [2.05, 4.69) is 15.9 Å². The van der Waals surface area contributed by atoms with Crippen LogP contribution >= 0.6 is 15.9 Å². The van der Waals surface area contributed by atoms with Crippen LogP contribution in [-0.4, -0.2) is 5.97 Å². The maximum atomic E-state index is 12.9. The Bertz CT molecular complexity index is 1320. The number of carbonyl (C=O) groups excluding carboxylic acids is 1. The summed E-state index contributed by atoms with van der Waals surface area (Å²) in [6.45, 7) is 3.55. The third kappa shape index (κ3) is 4.00. The second-order valence-electron chi connectivity index (χ2n) is 6.77. The van der Waals surface area contributed by atoms with Gasteiger partial charge in [0.05, 0.1) is 15.4 Å². The maximum absolute atomic E-state index is 12.9. The lowest BCUT2D eigenvalue weighted by Gasteiger charge is -2.11. The molecule has 0 saturated carbocycles. The van der Waals surface area contributed by atoms with E-state index in [-0.39, 0.29) is 16.9 Å². The Morgan fingerprint density at radius 1 is 0.967 bits per heavy atom. The van der Waals surface area contributed by atoms with Crippen molar-refractivity contribution in [3.8, 4) is 17.2 Å². The number of hydrogen-bond donors (Lipinski definition) is 0. The van der Waals surface area contributed by atoms with Gasteiger partial charge in [0, 0.05) is 6.07 Å². The van der Waals surface area contributed by atoms with E-state index in [0.717, 1.165) is 10.0 Å². The van der Waals surface area contributed by atoms with Crippen molar-refractivity contribution in [1.82, 2.24) is 0 Å². The van der Waals surface area contributed by atoms with Gasteiger partial charge in [0.2, 0.25) is 11.2 Å². The molecule has 0 atom stereocenters. The van der Waals surface area contributed by atoms with Crippen molar-refractivity contribution in [2.45, 2.75) is 13.8 Å². The number of benzene rings is 3. The molecule has 1 aromatic heterocycles. The summed E-state index contributed by atoms with van der Waals surface area (Å²) in [4.78, 5) is 25.3. The van der Waals surface area contributed by atoms with Crippen LogP contribution in [0.25, 0.3) is 11.0 Å². The third-order valence-electron chi connectivity index (χ3n) is 4.50. The molecule has 1 heterocycles. The number of hydrogen-bond acceptors (Lipinski definition) is 5. The van der Waals surface area contributed by atoms with Crippen LogP contribution in [0.4, 0.5) is 0 Å². The molecule has 5 nitrogen and oxygen atoms in total. The summed E-state index contributed by atoms with van der Waals surface area (Å²) < 4.78 is 17.8. The second-order valence-corrected chi connectivity index (χ2v) is 7.62. The molecule has 0 amide bonds. The van der Waals surface area contributed by atoms with Gasteiger partial charge in [-0.05, 0) is 66.2 Å². The van der Waals surface area contributed by atoms with Gasteiger partial charge in [-0.15, -0.1) is 0 Å². The van der Waals surface area contributed by atoms with Crippen molar-refractivity contribution in [2.24, 2.45) is 0 Å². The first-order valence-electron chi connectivity index (χ1n) is 9.21. The number of rotatable bonds is 4. The molecule has 150 valence electrons. The quantitative estimate of drug-likeness (QED) is 0.266. The van der Waals surface area contributed by atoms with Gasteiger partial charge in [-0.2, -0.15) is 0 Å². The molecule has 6 heteroatoms. The molecule has 0 fully saturated rings. The van der Waals surface area contributed by atoms with Crippen molar-refractivity contribution in [2.75, 3.05) is 0 Å². The Balaban J connectivity index is 1.67. The van der Waals surface area contributed by atoms with E-state index in [0.29, 0.717) is 28.0 Å². The monoisotopic (exact) mass is 464 g/mol. The Labute approximate surface area is 181 Å². The number of carbonyl (C=O) groups is 1. The van der Waals surface area contributed by atoms with Crippen LogP contribution < -0.4 is 14.9 Å². The van der Waals surface area contributed by atoms with E-state index in [9.17, 15) is 9.59 Å². The Morgan fingerprint density at radius 2 is 1.77 bits per heavy atom. The minimum absolute atomic E-state index is 0.110. The molecule has 0 saturated heterocycles. The van der Waals surface area contributed by atoms with Crippen molar-refractivity contribution in [1.29, 1.82) is 0 Å². The molecule has 0 spiro atoms. The summed E-state index contributed by atoms with van der Waals surface area (Å²) in [5, 5.41) is 0.331. The largest absolute Gasteiger partial charge is 0.457 e. The van der Waals surface area contributed by atoms with Gasteiger partial charge in [0.15, 0.2) is 0 Å².